The molecule has 0 unspecified atom stereocenters. The standard InChI is InChI=1S/C13H20N2OS/c1-10(2)16-13-5-4-12(8-14-13)17-15-7-6-11(3)9-15/h4-5,8,10-11H,6-7,9H2,1-3H3/t11-/m0/s1. The van der Waals surface area contributed by atoms with Crippen LogP contribution >= 0.6 is 11.9 Å². The van der Waals surface area contributed by atoms with Crippen molar-refractivity contribution in [3.8, 4) is 5.88 Å². The van der Waals surface area contributed by atoms with E-state index in [0.29, 0.717) is 5.88 Å². The van der Waals surface area contributed by atoms with Gasteiger partial charge in [-0.1, -0.05) is 6.92 Å². The summed E-state index contributed by atoms with van der Waals surface area (Å²) in [6, 6.07) is 4.03. The van der Waals surface area contributed by atoms with E-state index in [-0.39, 0.29) is 6.10 Å². The maximum Gasteiger partial charge on any atom is 0.213 e. The van der Waals surface area contributed by atoms with Crippen molar-refractivity contribution in [1.82, 2.24) is 9.29 Å². The molecule has 4 heteroatoms. The largest absolute Gasteiger partial charge is 0.475 e. The molecular formula is C13H20N2OS. The summed E-state index contributed by atoms with van der Waals surface area (Å²) in [5.41, 5.74) is 0. The van der Waals surface area contributed by atoms with Gasteiger partial charge < -0.3 is 4.74 Å². The minimum atomic E-state index is 0.181. The van der Waals surface area contributed by atoms with E-state index in [4.69, 9.17) is 4.74 Å². The first-order chi connectivity index (χ1) is 8.13. The van der Waals surface area contributed by atoms with Crippen molar-refractivity contribution in [1.29, 1.82) is 0 Å². The molecule has 2 rings (SSSR count). The summed E-state index contributed by atoms with van der Waals surface area (Å²) in [6.45, 7) is 8.68. The summed E-state index contributed by atoms with van der Waals surface area (Å²) >= 11 is 1.80. The van der Waals surface area contributed by atoms with E-state index in [1.165, 1.54) is 24.4 Å². The molecule has 2 heterocycles. The van der Waals surface area contributed by atoms with Crippen LogP contribution in [0.3, 0.4) is 0 Å². The van der Waals surface area contributed by atoms with Gasteiger partial charge in [-0.3, -0.25) is 0 Å². The van der Waals surface area contributed by atoms with Crippen molar-refractivity contribution in [2.75, 3.05) is 13.1 Å². The maximum absolute atomic E-state index is 5.52. The van der Waals surface area contributed by atoms with Crippen LogP contribution in [-0.4, -0.2) is 28.5 Å². The lowest BCUT2D eigenvalue weighted by Gasteiger charge is -2.14. The molecule has 1 saturated heterocycles. The molecule has 1 aliphatic heterocycles. The summed E-state index contributed by atoms with van der Waals surface area (Å²) in [4.78, 5) is 5.50. The Balaban J connectivity index is 1.89. The molecule has 0 radical (unpaired) electrons. The Morgan fingerprint density at radius 1 is 1.47 bits per heavy atom. The van der Waals surface area contributed by atoms with E-state index < -0.39 is 0 Å². The van der Waals surface area contributed by atoms with Crippen molar-refractivity contribution in [2.45, 2.75) is 38.2 Å². The molecule has 0 N–H and O–H groups in total. The van der Waals surface area contributed by atoms with Gasteiger partial charge in [-0.25, -0.2) is 9.29 Å². The highest BCUT2D eigenvalue weighted by Gasteiger charge is 2.19. The number of rotatable bonds is 4. The molecule has 0 aliphatic carbocycles. The van der Waals surface area contributed by atoms with Gasteiger partial charge in [0, 0.05) is 30.2 Å². The number of pyridine rings is 1. The van der Waals surface area contributed by atoms with Gasteiger partial charge in [0.2, 0.25) is 5.88 Å². The SMILES string of the molecule is CC(C)Oc1ccc(SN2CC[C@H](C)C2)cn1. The second-order valence-electron chi connectivity index (χ2n) is 4.87. The van der Waals surface area contributed by atoms with Crippen molar-refractivity contribution < 1.29 is 4.74 Å². The Morgan fingerprint density at radius 2 is 2.29 bits per heavy atom. The van der Waals surface area contributed by atoms with Crippen LogP contribution in [0.15, 0.2) is 23.2 Å². The fourth-order valence-corrected chi connectivity index (χ4v) is 2.91. The van der Waals surface area contributed by atoms with Crippen LogP contribution in [0.5, 0.6) is 5.88 Å². The van der Waals surface area contributed by atoms with E-state index in [1.54, 1.807) is 11.9 Å². The van der Waals surface area contributed by atoms with Crippen LogP contribution in [0.2, 0.25) is 0 Å². The maximum atomic E-state index is 5.52. The fraction of sp³-hybridized carbons (Fsp3) is 0.615. The number of nitrogens with zero attached hydrogens (tertiary/aromatic N) is 2. The highest BCUT2D eigenvalue weighted by Crippen LogP contribution is 2.29. The van der Waals surface area contributed by atoms with Crippen molar-refractivity contribution in [2.24, 2.45) is 5.92 Å². The van der Waals surface area contributed by atoms with Crippen LogP contribution in [0.4, 0.5) is 0 Å². The Labute approximate surface area is 108 Å². The molecule has 3 nitrogen and oxygen atoms in total. The number of aromatic nitrogens is 1. The summed E-state index contributed by atoms with van der Waals surface area (Å²) in [5, 5.41) is 0. The molecule has 1 aliphatic rings. The van der Waals surface area contributed by atoms with E-state index in [0.717, 1.165) is 5.92 Å². The van der Waals surface area contributed by atoms with Crippen LogP contribution in [-0.2, 0) is 0 Å². The number of ether oxygens (including phenoxy) is 1. The molecule has 1 aromatic rings. The minimum Gasteiger partial charge on any atom is -0.475 e. The van der Waals surface area contributed by atoms with Gasteiger partial charge in [0.15, 0.2) is 0 Å². The monoisotopic (exact) mass is 252 g/mol. The molecule has 0 amide bonds. The van der Waals surface area contributed by atoms with Gasteiger partial charge in [-0.15, -0.1) is 0 Å². The van der Waals surface area contributed by atoms with Gasteiger partial charge in [-0.2, -0.15) is 0 Å². The summed E-state index contributed by atoms with van der Waals surface area (Å²) in [6.07, 6.45) is 3.38. The first kappa shape index (κ1) is 12.7. The quantitative estimate of drug-likeness (QED) is 0.768. The minimum absolute atomic E-state index is 0.181. The molecule has 1 aromatic heterocycles. The normalized spacial score (nSPS) is 21.1. The molecule has 17 heavy (non-hydrogen) atoms. The van der Waals surface area contributed by atoms with E-state index in [9.17, 15) is 0 Å². The smallest absolute Gasteiger partial charge is 0.213 e. The van der Waals surface area contributed by atoms with E-state index in [2.05, 4.69) is 22.3 Å². The summed E-state index contributed by atoms with van der Waals surface area (Å²) < 4.78 is 7.93. The Bertz CT molecular complexity index is 353. The third-order valence-corrected chi connectivity index (χ3v) is 3.73. The zero-order valence-corrected chi connectivity index (χ0v) is 11.5. The summed E-state index contributed by atoms with van der Waals surface area (Å²) in [5.74, 6) is 1.53. The molecule has 0 bridgehead atoms. The average Bonchev–Trinajstić information content (AvgIpc) is 2.66. The number of hydrogen-bond donors (Lipinski definition) is 0. The lowest BCUT2D eigenvalue weighted by Crippen LogP contribution is -2.10. The third kappa shape index (κ3) is 3.89. The zero-order valence-electron chi connectivity index (χ0n) is 10.7. The van der Waals surface area contributed by atoms with Gasteiger partial charge >= 0.3 is 0 Å². The highest BCUT2D eigenvalue weighted by atomic mass is 32.2. The Hall–Kier alpha value is -0.740. The van der Waals surface area contributed by atoms with Crippen LogP contribution < -0.4 is 4.74 Å². The second kappa shape index (κ2) is 5.74. The molecule has 1 fully saturated rings. The highest BCUT2D eigenvalue weighted by molar-refractivity contribution is 7.97. The van der Waals surface area contributed by atoms with E-state index >= 15 is 0 Å². The first-order valence-corrected chi connectivity index (χ1v) is 6.96. The fourth-order valence-electron chi connectivity index (χ4n) is 1.86. The molecule has 1 atom stereocenters. The average molecular weight is 252 g/mol. The lowest BCUT2D eigenvalue weighted by atomic mass is 10.2. The van der Waals surface area contributed by atoms with Crippen molar-refractivity contribution in [3.05, 3.63) is 18.3 Å². The topological polar surface area (TPSA) is 25.4 Å². The Kier molecular flexibility index (Phi) is 4.29. The van der Waals surface area contributed by atoms with Crippen LogP contribution in [0.25, 0.3) is 0 Å². The van der Waals surface area contributed by atoms with E-state index in [1.807, 2.05) is 26.1 Å². The molecule has 0 aromatic carbocycles. The van der Waals surface area contributed by atoms with Gasteiger partial charge in [0.05, 0.1) is 6.10 Å². The van der Waals surface area contributed by atoms with Gasteiger partial charge in [0.1, 0.15) is 0 Å². The summed E-state index contributed by atoms with van der Waals surface area (Å²) in [7, 11) is 0. The molecule has 94 valence electrons. The van der Waals surface area contributed by atoms with Crippen molar-refractivity contribution >= 4 is 11.9 Å². The second-order valence-corrected chi connectivity index (χ2v) is 6.04. The number of hydrogen-bond acceptors (Lipinski definition) is 4. The van der Waals surface area contributed by atoms with Crippen molar-refractivity contribution in [3.63, 3.8) is 0 Å². The zero-order chi connectivity index (χ0) is 12.3. The predicted molar refractivity (Wildman–Crippen MR) is 71.2 cm³/mol. The molecular weight excluding hydrogens is 232 g/mol. The van der Waals surface area contributed by atoms with Crippen LogP contribution in [0, 0.1) is 5.92 Å². The molecule has 0 saturated carbocycles. The van der Waals surface area contributed by atoms with Gasteiger partial charge in [-0.05, 0) is 44.2 Å². The third-order valence-electron chi connectivity index (χ3n) is 2.69. The van der Waals surface area contributed by atoms with Gasteiger partial charge in [0.25, 0.3) is 0 Å². The Morgan fingerprint density at radius 3 is 2.82 bits per heavy atom. The van der Waals surface area contributed by atoms with Crippen LogP contribution in [0.1, 0.15) is 27.2 Å². The lowest BCUT2D eigenvalue weighted by molar-refractivity contribution is 0.232. The first-order valence-electron chi connectivity index (χ1n) is 6.19. The molecule has 0 spiro atoms. The predicted octanol–water partition coefficient (Wildman–Crippen LogP) is 3.22.